The molecule has 2 heterocycles. The Morgan fingerprint density at radius 1 is 1.20 bits per heavy atom. The van der Waals surface area contributed by atoms with E-state index in [1.807, 2.05) is 24.3 Å². The third-order valence-corrected chi connectivity index (χ3v) is 4.51. The zero-order chi connectivity index (χ0) is 13.6. The second-order valence-electron chi connectivity index (χ2n) is 4.43. The van der Waals surface area contributed by atoms with E-state index in [0.29, 0.717) is 0 Å². The van der Waals surface area contributed by atoms with E-state index in [4.69, 9.17) is 4.42 Å². The maximum Gasteiger partial charge on any atom is 0.256 e. The van der Waals surface area contributed by atoms with Crippen molar-refractivity contribution in [1.82, 2.24) is 10.3 Å². The second-order valence-corrected chi connectivity index (χ2v) is 6.25. The van der Waals surface area contributed by atoms with E-state index >= 15 is 0 Å². The molecule has 0 amide bonds. The molecule has 0 aliphatic rings. The van der Waals surface area contributed by atoms with Crippen LogP contribution in [0.5, 0.6) is 0 Å². The summed E-state index contributed by atoms with van der Waals surface area (Å²) in [6.07, 6.45) is 1.09. The van der Waals surface area contributed by atoms with E-state index < -0.39 is 0 Å². The van der Waals surface area contributed by atoms with Crippen LogP contribution in [0.3, 0.4) is 0 Å². The van der Waals surface area contributed by atoms with Gasteiger partial charge >= 0.3 is 0 Å². The molecule has 1 N–H and O–H groups in total. The van der Waals surface area contributed by atoms with E-state index in [1.165, 1.54) is 5.56 Å². The first-order valence-corrected chi connectivity index (χ1v) is 8.55. The zero-order valence-electron chi connectivity index (χ0n) is 11.0. The van der Waals surface area contributed by atoms with Gasteiger partial charge in [-0.1, -0.05) is 23.9 Å². The summed E-state index contributed by atoms with van der Waals surface area (Å²) in [4.78, 5) is 4.44. The quantitative estimate of drug-likeness (QED) is 0.532. The standard InChI is InChI=1S/C15H16N2OS2/c1-2-4-14-13(3-1)17-15(18-14)20-10-8-16-7-5-12-6-9-19-11-12/h1-4,6,9,11,16H,5,7-8,10H2. The maximum atomic E-state index is 5.66. The number of fused-ring (bicyclic) bond motifs is 1. The fourth-order valence-electron chi connectivity index (χ4n) is 1.92. The largest absolute Gasteiger partial charge is 0.431 e. The second kappa shape index (κ2) is 6.92. The molecule has 0 spiro atoms. The number of nitrogens with one attached hydrogen (secondary N) is 1. The number of hydrogen-bond donors (Lipinski definition) is 1. The summed E-state index contributed by atoms with van der Waals surface area (Å²) >= 11 is 3.41. The summed E-state index contributed by atoms with van der Waals surface area (Å²) in [7, 11) is 0. The Morgan fingerprint density at radius 3 is 3.00 bits per heavy atom. The van der Waals surface area contributed by atoms with Gasteiger partial charge in [0.15, 0.2) is 5.58 Å². The molecule has 5 heteroatoms. The van der Waals surface area contributed by atoms with Gasteiger partial charge in [0.2, 0.25) is 0 Å². The Balaban J connectivity index is 1.37. The Labute approximate surface area is 126 Å². The highest BCUT2D eigenvalue weighted by molar-refractivity contribution is 7.99. The third kappa shape index (κ3) is 3.62. The monoisotopic (exact) mass is 304 g/mol. The van der Waals surface area contributed by atoms with Gasteiger partial charge in [0.1, 0.15) is 5.52 Å². The Bertz CT molecular complexity index is 616. The normalized spacial score (nSPS) is 11.2. The van der Waals surface area contributed by atoms with Crippen LogP contribution in [0.15, 0.2) is 50.7 Å². The first-order chi connectivity index (χ1) is 9.92. The molecule has 0 saturated carbocycles. The van der Waals surface area contributed by atoms with E-state index in [9.17, 15) is 0 Å². The molecule has 0 fully saturated rings. The molecule has 0 aliphatic carbocycles. The SMILES string of the molecule is c1ccc2oc(SCCNCCc3ccsc3)nc2c1. The molecule has 3 rings (SSSR count). The van der Waals surface area contributed by atoms with Crippen LogP contribution in [-0.2, 0) is 6.42 Å². The lowest BCUT2D eigenvalue weighted by Crippen LogP contribution is -2.19. The van der Waals surface area contributed by atoms with Crippen molar-refractivity contribution >= 4 is 34.2 Å². The number of benzene rings is 1. The first kappa shape index (κ1) is 13.7. The van der Waals surface area contributed by atoms with Crippen molar-refractivity contribution in [2.24, 2.45) is 0 Å². The Morgan fingerprint density at radius 2 is 2.15 bits per heavy atom. The number of oxazole rings is 1. The lowest BCUT2D eigenvalue weighted by atomic mass is 10.2. The first-order valence-electron chi connectivity index (χ1n) is 6.62. The summed E-state index contributed by atoms with van der Waals surface area (Å²) in [6.45, 7) is 1.98. The number of hydrogen-bond acceptors (Lipinski definition) is 5. The molecule has 0 atom stereocenters. The van der Waals surface area contributed by atoms with Crippen molar-refractivity contribution in [3.63, 3.8) is 0 Å². The highest BCUT2D eigenvalue weighted by atomic mass is 32.2. The lowest BCUT2D eigenvalue weighted by molar-refractivity contribution is 0.489. The molecule has 1 aromatic carbocycles. The minimum Gasteiger partial charge on any atom is -0.431 e. The van der Waals surface area contributed by atoms with Crippen LogP contribution >= 0.6 is 23.1 Å². The van der Waals surface area contributed by atoms with E-state index in [1.54, 1.807) is 23.1 Å². The van der Waals surface area contributed by atoms with Crippen LogP contribution in [0.4, 0.5) is 0 Å². The summed E-state index contributed by atoms with van der Waals surface area (Å²) < 4.78 is 5.66. The van der Waals surface area contributed by atoms with Crippen molar-refractivity contribution in [2.45, 2.75) is 11.6 Å². The van der Waals surface area contributed by atoms with Crippen LogP contribution in [0, 0.1) is 0 Å². The molecule has 0 bridgehead atoms. The summed E-state index contributed by atoms with van der Waals surface area (Å²) in [5.74, 6) is 0.969. The Hall–Kier alpha value is -1.30. The summed E-state index contributed by atoms with van der Waals surface area (Å²) in [5, 5.41) is 8.52. The predicted molar refractivity (Wildman–Crippen MR) is 85.6 cm³/mol. The molecule has 3 aromatic rings. The van der Waals surface area contributed by atoms with Crippen LogP contribution in [0.25, 0.3) is 11.1 Å². The zero-order valence-corrected chi connectivity index (χ0v) is 12.7. The fourth-order valence-corrected chi connectivity index (χ4v) is 3.35. The fraction of sp³-hybridized carbons (Fsp3) is 0.267. The van der Waals surface area contributed by atoms with Gasteiger partial charge in [-0.2, -0.15) is 11.3 Å². The maximum absolute atomic E-state index is 5.66. The summed E-state index contributed by atoms with van der Waals surface area (Å²) in [5.41, 5.74) is 3.20. The van der Waals surface area contributed by atoms with Crippen LogP contribution in [-0.4, -0.2) is 23.8 Å². The average molecular weight is 304 g/mol. The molecule has 104 valence electrons. The molecule has 2 aromatic heterocycles. The van der Waals surface area contributed by atoms with Gasteiger partial charge in [-0.3, -0.25) is 0 Å². The highest BCUT2D eigenvalue weighted by Crippen LogP contribution is 2.22. The van der Waals surface area contributed by atoms with Crippen molar-refractivity contribution in [1.29, 1.82) is 0 Å². The van der Waals surface area contributed by atoms with Gasteiger partial charge < -0.3 is 9.73 Å². The van der Waals surface area contributed by atoms with Gasteiger partial charge in [-0.05, 0) is 47.5 Å². The van der Waals surface area contributed by atoms with Gasteiger partial charge in [-0.15, -0.1) is 0 Å². The number of para-hydroxylation sites is 2. The summed E-state index contributed by atoms with van der Waals surface area (Å²) in [6, 6.07) is 10.0. The van der Waals surface area contributed by atoms with Gasteiger partial charge in [-0.25, -0.2) is 4.98 Å². The average Bonchev–Trinajstić information content (AvgIpc) is 3.11. The van der Waals surface area contributed by atoms with E-state index in [-0.39, 0.29) is 0 Å². The minimum absolute atomic E-state index is 0.755. The van der Waals surface area contributed by atoms with Crippen LogP contribution in [0.1, 0.15) is 5.56 Å². The van der Waals surface area contributed by atoms with E-state index in [0.717, 1.165) is 41.6 Å². The van der Waals surface area contributed by atoms with Crippen molar-refractivity contribution in [3.05, 3.63) is 46.7 Å². The predicted octanol–water partition coefficient (Wildman–Crippen LogP) is 3.81. The third-order valence-electron chi connectivity index (χ3n) is 2.95. The topological polar surface area (TPSA) is 38.1 Å². The Kier molecular flexibility index (Phi) is 4.73. The molecule has 0 unspecified atom stereocenters. The molecule has 3 nitrogen and oxygen atoms in total. The van der Waals surface area contributed by atoms with Crippen LogP contribution < -0.4 is 5.32 Å². The number of thioether (sulfide) groups is 1. The van der Waals surface area contributed by atoms with Gasteiger partial charge in [0, 0.05) is 12.3 Å². The molecular formula is C15H16N2OS2. The van der Waals surface area contributed by atoms with E-state index in [2.05, 4.69) is 27.1 Å². The smallest absolute Gasteiger partial charge is 0.256 e. The lowest BCUT2D eigenvalue weighted by Gasteiger charge is -2.01. The number of rotatable bonds is 7. The van der Waals surface area contributed by atoms with Crippen molar-refractivity contribution < 1.29 is 4.42 Å². The van der Waals surface area contributed by atoms with Gasteiger partial charge in [0.25, 0.3) is 5.22 Å². The number of nitrogens with zero attached hydrogens (tertiary/aromatic N) is 1. The highest BCUT2D eigenvalue weighted by Gasteiger charge is 2.04. The van der Waals surface area contributed by atoms with Crippen LogP contribution in [0.2, 0.25) is 0 Å². The van der Waals surface area contributed by atoms with Gasteiger partial charge in [0.05, 0.1) is 0 Å². The molecule has 20 heavy (non-hydrogen) atoms. The number of thiophene rings is 1. The number of aromatic nitrogens is 1. The minimum atomic E-state index is 0.755. The van der Waals surface area contributed by atoms with Crippen molar-refractivity contribution in [2.75, 3.05) is 18.8 Å². The molecular weight excluding hydrogens is 288 g/mol. The molecule has 0 saturated heterocycles. The molecule has 0 aliphatic heterocycles. The molecule has 0 radical (unpaired) electrons. The van der Waals surface area contributed by atoms with Crippen molar-refractivity contribution in [3.8, 4) is 0 Å².